The van der Waals surface area contributed by atoms with Gasteiger partial charge in [-0.1, -0.05) is 11.3 Å². The molecule has 1 amide bonds. The average Bonchev–Trinajstić information content (AvgIpc) is 3.47. The summed E-state index contributed by atoms with van der Waals surface area (Å²) in [6.45, 7) is 5.77. The molecule has 0 spiro atoms. The van der Waals surface area contributed by atoms with Crippen LogP contribution in [0.5, 0.6) is 5.75 Å². The first-order chi connectivity index (χ1) is 15.9. The quantitative estimate of drug-likeness (QED) is 0.422. The molecule has 1 N–H and O–H groups in total. The topological polar surface area (TPSA) is 99.2 Å². The Hall–Kier alpha value is -4.05. The molecule has 0 aliphatic rings. The van der Waals surface area contributed by atoms with Crippen LogP contribution in [0, 0.1) is 20.8 Å². The molecule has 4 aromatic heterocycles. The molecule has 166 valence electrons. The van der Waals surface area contributed by atoms with Gasteiger partial charge in [0.05, 0.1) is 18.5 Å². The van der Waals surface area contributed by atoms with Crippen molar-refractivity contribution < 1.29 is 9.53 Å². The number of carbonyl (C=O) groups excluding carboxylic acids is 1. The van der Waals surface area contributed by atoms with Gasteiger partial charge in [-0.25, -0.2) is 19.6 Å². The second-order valence-electron chi connectivity index (χ2n) is 7.58. The van der Waals surface area contributed by atoms with Gasteiger partial charge in [0.15, 0.2) is 10.8 Å². The van der Waals surface area contributed by atoms with E-state index < -0.39 is 0 Å². The van der Waals surface area contributed by atoms with E-state index in [1.54, 1.807) is 17.9 Å². The van der Waals surface area contributed by atoms with Crippen molar-refractivity contribution in [1.29, 1.82) is 0 Å². The van der Waals surface area contributed by atoms with Crippen molar-refractivity contribution in [3.8, 4) is 22.8 Å². The zero-order valence-electron chi connectivity index (χ0n) is 18.5. The van der Waals surface area contributed by atoms with Gasteiger partial charge in [0, 0.05) is 29.2 Å². The summed E-state index contributed by atoms with van der Waals surface area (Å²) in [6.07, 6.45) is 3.35. The Morgan fingerprint density at radius 2 is 1.88 bits per heavy atom. The van der Waals surface area contributed by atoms with Crippen molar-refractivity contribution in [1.82, 2.24) is 29.1 Å². The standard InChI is InChI=1S/C23H21N7O2S/c1-13-9-14(2)30(28-13)20-10-19(24-12-25-20)27-22(31)21-15(3)29-11-18(26-23(29)33-21)16-5-7-17(32-4)8-6-16/h5-12H,1-4H3,(H,24,25,27,31). The maximum absolute atomic E-state index is 13.0. The summed E-state index contributed by atoms with van der Waals surface area (Å²) >= 11 is 1.33. The number of benzene rings is 1. The van der Waals surface area contributed by atoms with Crippen LogP contribution in [0.15, 0.2) is 48.9 Å². The van der Waals surface area contributed by atoms with Crippen LogP contribution >= 0.6 is 11.3 Å². The Labute approximate surface area is 193 Å². The number of carbonyl (C=O) groups is 1. The number of fused-ring (bicyclic) bond motifs is 1. The summed E-state index contributed by atoms with van der Waals surface area (Å²) in [6, 6.07) is 11.4. The highest BCUT2D eigenvalue weighted by Gasteiger charge is 2.19. The number of hydrogen-bond acceptors (Lipinski definition) is 7. The van der Waals surface area contributed by atoms with Crippen molar-refractivity contribution in [2.45, 2.75) is 20.8 Å². The van der Waals surface area contributed by atoms with Gasteiger partial charge in [0.1, 0.15) is 22.8 Å². The maximum Gasteiger partial charge on any atom is 0.268 e. The maximum atomic E-state index is 13.0. The summed E-state index contributed by atoms with van der Waals surface area (Å²) in [5, 5.41) is 7.30. The molecular weight excluding hydrogens is 438 g/mol. The zero-order valence-corrected chi connectivity index (χ0v) is 19.3. The molecule has 33 heavy (non-hydrogen) atoms. The number of amides is 1. The van der Waals surface area contributed by atoms with Crippen LogP contribution in [0.25, 0.3) is 22.0 Å². The normalized spacial score (nSPS) is 11.2. The smallest absolute Gasteiger partial charge is 0.268 e. The molecule has 9 nitrogen and oxygen atoms in total. The zero-order chi connectivity index (χ0) is 23.1. The number of thiazole rings is 1. The molecular formula is C23H21N7O2S. The summed E-state index contributed by atoms with van der Waals surface area (Å²) in [5.74, 6) is 1.54. The first-order valence-electron chi connectivity index (χ1n) is 10.2. The predicted molar refractivity (Wildman–Crippen MR) is 126 cm³/mol. The molecule has 0 unspecified atom stereocenters. The predicted octanol–water partition coefficient (Wildman–Crippen LogP) is 4.22. The van der Waals surface area contributed by atoms with E-state index >= 15 is 0 Å². The van der Waals surface area contributed by atoms with E-state index in [0.717, 1.165) is 39.0 Å². The molecule has 0 atom stereocenters. The first kappa shape index (κ1) is 20.8. The van der Waals surface area contributed by atoms with E-state index in [1.807, 2.05) is 61.7 Å². The third-order valence-corrected chi connectivity index (χ3v) is 6.43. The van der Waals surface area contributed by atoms with E-state index in [-0.39, 0.29) is 5.91 Å². The highest BCUT2D eigenvalue weighted by Crippen LogP contribution is 2.28. The largest absolute Gasteiger partial charge is 0.497 e. The Balaban J connectivity index is 1.40. The lowest BCUT2D eigenvalue weighted by atomic mass is 10.2. The molecule has 0 radical (unpaired) electrons. The van der Waals surface area contributed by atoms with Crippen LogP contribution in [0.1, 0.15) is 26.8 Å². The van der Waals surface area contributed by atoms with E-state index in [9.17, 15) is 4.79 Å². The van der Waals surface area contributed by atoms with Crippen LogP contribution in [-0.2, 0) is 0 Å². The minimum absolute atomic E-state index is 0.244. The lowest BCUT2D eigenvalue weighted by molar-refractivity contribution is 0.102. The number of nitrogens with zero attached hydrogens (tertiary/aromatic N) is 6. The van der Waals surface area contributed by atoms with Crippen LogP contribution in [0.2, 0.25) is 0 Å². The minimum atomic E-state index is -0.244. The van der Waals surface area contributed by atoms with Crippen LogP contribution in [-0.4, -0.2) is 42.2 Å². The van der Waals surface area contributed by atoms with Gasteiger partial charge in [-0.15, -0.1) is 0 Å². The fraction of sp³-hybridized carbons (Fsp3) is 0.174. The molecule has 0 bridgehead atoms. The third-order valence-electron chi connectivity index (χ3n) is 5.27. The van der Waals surface area contributed by atoms with Gasteiger partial charge in [-0.2, -0.15) is 5.10 Å². The van der Waals surface area contributed by atoms with E-state index in [4.69, 9.17) is 9.72 Å². The Morgan fingerprint density at radius 3 is 2.55 bits per heavy atom. The Morgan fingerprint density at radius 1 is 1.09 bits per heavy atom. The lowest BCUT2D eigenvalue weighted by Gasteiger charge is -2.07. The number of imidazole rings is 1. The molecule has 5 aromatic rings. The number of ether oxygens (including phenoxy) is 1. The van der Waals surface area contributed by atoms with Crippen LogP contribution in [0.4, 0.5) is 5.82 Å². The highest BCUT2D eigenvalue weighted by atomic mass is 32.1. The second-order valence-corrected chi connectivity index (χ2v) is 8.56. The number of aromatic nitrogens is 6. The summed E-state index contributed by atoms with van der Waals surface area (Å²) in [5.41, 5.74) is 4.47. The number of anilines is 1. The summed E-state index contributed by atoms with van der Waals surface area (Å²) in [4.78, 5) is 27.5. The minimum Gasteiger partial charge on any atom is -0.497 e. The molecule has 5 rings (SSSR count). The van der Waals surface area contributed by atoms with Crippen molar-refractivity contribution in [3.63, 3.8) is 0 Å². The molecule has 4 heterocycles. The molecule has 0 saturated carbocycles. The molecule has 0 aliphatic heterocycles. The molecule has 10 heteroatoms. The third kappa shape index (κ3) is 3.85. The summed E-state index contributed by atoms with van der Waals surface area (Å²) in [7, 11) is 1.64. The average molecular weight is 460 g/mol. The number of aryl methyl sites for hydroxylation is 3. The van der Waals surface area contributed by atoms with Crippen molar-refractivity contribution >= 4 is 28.0 Å². The van der Waals surface area contributed by atoms with Gasteiger partial charge in [-0.3, -0.25) is 9.20 Å². The number of nitrogens with one attached hydrogen (secondary N) is 1. The number of rotatable bonds is 5. The molecule has 0 fully saturated rings. The summed E-state index contributed by atoms with van der Waals surface area (Å²) < 4.78 is 8.87. The van der Waals surface area contributed by atoms with Crippen LogP contribution in [0.3, 0.4) is 0 Å². The fourth-order valence-corrected chi connectivity index (χ4v) is 4.63. The van der Waals surface area contributed by atoms with Crippen LogP contribution < -0.4 is 10.1 Å². The number of hydrogen-bond donors (Lipinski definition) is 1. The Bertz CT molecular complexity index is 1480. The molecule has 0 aliphatic carbocycles. The number of methoxy groups -OCH3 is 1. The fourth-order valence-electron chi connectivity index (χ4n) is 3.63. The van der Waals surface area contributed by atoms with Gasteiger partial charge in [0.25, 0.3) is 5.91 Å². The van der Waals surface area contributed by atoms with Gasteiger partial charge < -0.3 is 10.1 Å². The van der Waals surface area contributed by atoms with Gasteiger partial charge in [-0.05, 0) is 51.1 Å². The van der Waals surface area contributed by atoms with E-state index in [2.05, 4.69) is 20.4 Å². The van der Waals surface area contributed by atoms with Crippen molar-refractivity contribution in [3.05, 3.63) is 70.9 Å². The molecule has 1 aromatic carbocycles. The van der Waals surface area contributed by atoms with Gasteiger partial charge in [0.2, 0.25) is 0 Å². The monoisotopic (exact) mass is 459 g/mol. The lowest BCUT2D eigenvalue weighted by Crippen LogP contribution is -2.14. The van der Waals surface area contributed by atoms with Gasteiger partial charge >= 0.3 is 0 Å². The van der Waals surface area contributed by atoms with E-state index in [1.165, 1.54) is 17.7 Å². The Kier molecular flexibility index (Phi) is 5.14. The second kappa shape index (κ2) is 8.14. The SMILES string of the molecule is COc1ccc(-c2cn3c(C)c(C(=O)Nc4cc(-n5nc(C)cc5C)ncn4)sc3n2)cc1. The first-order valence-corrected chi connectivity index (χ1v) is 11.0. The van der Waals surface area contributed by atoms with Crippen molar-refractivity contribution in [2.75, 3.05) is 12.4 Å². The van der Waals surface area contributed by atoms with E-state index in [0.29, 0.717) is 16.5 Å². The highest BCUT2D eigenvalue weighted by molar-refractivity contribution is 7.19. The van der Waals surface area contributed by atoms with Crippen molar-refractivity contribution in [2.24, 2.45) is 0 Å². The molecule has 0 saturated heterocycles.